The van der Waals surface area contributed by atoms with Crippen molar-refractivity contribution in [3.05, 3.63) is 90.0 Å². The normalized spacial score (nSPS) is 16.3. The van der Waals surface area contributed by atoms with Crippen LogP contribution in [0.2, 0.25) is 5.02 Å². The molecule has 31 heavy (non-hydrogen) atoms. The number of rotatable bonds is 5. The monoisotopic (exact) mass is 455 g/mol. The van der Waals surface area contributed by atoms with Crippen LogP contribution in [0.25, 0.3) is 6.08 Å². The molecule has 0 N–H and O–H groups in total. The molecule has 0 fully saturated rings. The van der Waals surface area contributed by atoms with Gasteiger partial charge in [-0.25, -0.2) is 4.99 Å². The van der Waals surface area contributed by atoms with Gasteiger partial charge in [-0.05, 0) is 50.6 Å². The number of thiazole rings is 1. The fourth-order valence-corrected chi connectivity index (χ4v) is 4.89. The Morgan fingerprint density at radius 2 is 1.97 bits per heavy atom. The molecule has 3 heterocycles. The van der Waals surface area contributed by atoms with Crippen molar-refractivity contribution in [2.45, 2.75) is 26.8 Å². The summed E-state index contributed by atoms with van der Waals surface area (Å²) in [6.45, 7) is 6.84. The maximum absolute atomic E-state index is 13.5. The summed E-state index contributed by atoms with van der Waals surface area (Å²) in [7, 11) is 0. The van der Waals surface area contributed by atoms with E-state index in [1.54, 1.807) is 46.1 Å². The predicted molar refractivity (Wildman–Crippen MR) is 122 cm³/mol. The molecule has 0 aliphatic carbocycles. The molecule has 1 aromatic carbocycles. The van der Waals surface area contributed by atoms with Gasteiger partial charge in [0.1, 0.15) is 5.76 Å². The van der Waals surface area contributed by atoms with E-state index < -0.39 is 6.04 Å². The Hall–Kier alpha value is -2.90. The van der Waals surface area contributed by atoms with Crippen LogP contribution in [0, 0.1) is 0 Å². The molecule has 1 aliphatic rings. The molecule has 6 nitrogen and oxygen atoms in total. The van der Waals surface area contributed by atoms with Crippen LogP contribution in [0.1, 0.15) is 38.1 Å². The van der Waals surface area contributed by atoms with Crippen LogP contribution in [0.4, 0.5) is 0 Å². The van der Waals surface area contributed by atoms with E-state index in [-0.39, 0.29) is 11.5 Å². The first-order valence-electron chi connectivity index (χ1n) is 10.0. The van der Waals surface area contributed by atoms with Gasteiger partial charge in [-0.2, -0.15) is 0 Å². The highest BCUT2D eigenvalue weighted by molar-refractivity contribution is 7.07. The predicted octanol–water partition coefficient (Wildman–Crippen LogP) is 3.35. The first-order chi connectivity index (χ1) is 14.9. The van der Waals surface area contributed by atoms with Crippen molar-refractivity contribution >= 4 is 34.9 Å². The maximum atomic E-state index is 13.5. The van der Waals surface area contributed by atoms with Crippen LogP contribution in [-0.2, 0) is 4.79 Å². The van der Waals surface area contributed by atoms with Gasteiger partial charge >= 0.3 is 0 Å². The van der Waals surface area contributed by atoms with Crippen LogP contribution < -0.4 is 14.9 Å². The minimum atomic E-state index is -0.583. The molecule has 160 valence electrons. The summed E-state index contributed by atoms with van der Waals surface area (Å²) in [5, 5.41) is 0.589. The third-order valence-electron chi connectivity index (χ3n) is 5.31. The van der Waals surface area contributed by atoms with E-state index in [1.807, 2.05) is 32.9 Å². The van der Waals surface area contributed by atoms with Crippen LogP contribution in [0.5, 0.6) is 0 Å². The van der Waals surface area contributed by atoms with Crippen molar-refractivity contribution < 1.29 is 9.21 Å². The van der Waals surface area contributed by atoms with Crippen LogP contribution >= 0.6 is 22.9 Å². The van der Waals surface area contributed by atoms with Crippen LogP contribution in [-0.4, -0.2) is 28.5 Å². The number of aromatic nitrogens is 1. The van der Waals surface area contributed by atoms with E-state index in [1.165, 1.54) is 11.3 Å². The van der Waals surface area contributed by atoms with Gasteiger partial charge in [0.15, 0.2) is 4.80 Å². The standard InChI is InChI=1S/C23H22ClN3O3S/c1-4-26(5-2)22(29)19-14(3)25-23-27(20(19)15-8-10-16(24)11-9-15)21(28)18(31-23)13-17-7-6-12-30-17/h6-13,20H,4-5H2,1-3H3/b18-13+/t20-/m0/s1. The number of furan rings is 1. The number of hydrogen-bond donors (Lipinski definition) is 0. The van der Waals surface area contributed by atoms with E-state index in [4.69, 9.17) is 16.0 Å². The molecular formula is C23H22ClN3O3S. The number of halogens is 1. The number of carbonyl (C=O) groups excluding carboxylic acids is 1. The smallest absolute Gasteiger partial charge is 0.271 e. The van der Waals surface area contributed by atoms with E-state index >= 15 is 0 Å². The average Bonchev–Trinajstić information content (AvgIpc) is 3.37. The van der Waals surface area contributed by atoms with Gasteiger partial charge < -0.3 is 9.32 Å². The number of benzene rings is 1. The molecule has 2 aromatic heterocycles. The quantitative estimate of drug-likeness (QED) is 0.592. The lowest BCUT2D eigenvalue weighted by molar-refractivity contribution is -0.127. The maximum Gasteiger partial charge on any atom is 0.271 e. The lowest BCUT2D eigenvalue weighted by Gasteiger charge is -2.29. The zero-order chi connectivity index (χ0) is 22.1. The molecule has 0 unspecified atom stereocenters. The van der Waals surface area contributed by atoms with Crippen molar-refractivity contribution in [1.82, 2.24) is 9.47 Å². The molecule has 1 atom stereocenters. The van der Waals surface area contributed by atoms with E-state index in [0.717, 1.165) is 5.56 Å². The number of hydrogen-bond acceptors (Lipinski definition) is 5. The van der Waals surface area contributed by atoms with Gasteiger partial charge in [0, 0.05) is 24.2 Å². The third-order valence-corrected chi connectivity index (χ3v) is 6.54. The Bertz CT molecular complexity index is 1310. The summed E-state index contributed by atoms with van der Waals surface area (Å²) in [5.41, 5.74) is 1.71. The molecule has 0 spiro atoms. The SMILES string of the molecule is CCN(CC)C(=O)C1=C(C)N=c2s/c(=C/c3ccco3)c(=O)n2[C@H]1c1ccc(Cl)cc1. The number of nitrogens with zero attached hydrogens (tertiary/aromatic N) is 3. The second kappa shape index (κ2) is 8.69. The Morgan fingerprint density at radius 3 is 2.58 bits per heavy atom. The lowest BCUT2D eigenvalue weighted by atomic mass is 9.94. The summed E-state index contributed by atoms with van der Waals surface area (Å²) >= 11 is 7.38. The van der Waals surface area contributed by atoms with Crippen molar-refractivity contribution in [1.29, 1.82) is 0 Å². The second-order valence-corrected chi connectivity index (χ2v) is 8.57. The number of carbonyl (C=O) groups is 1. The molecule has 1 amide bonds. The fraction of sp³-hybridized carbons (Fsp3) is 0.261. The first kappa shape index (κ1) is 21.3. The van der Waals surface area contributed by atoms with Gasteiger partial charge in [-0.3, -0.25) is 14.2 Å². The molecular weight excluding hydrogens is 434 g/mol. The number of amides is 1. The van der Waals surface area contributed by atoms with Crippen molar-refractivity contribution in [3.63, 3.8) is 0 Å². The number of likely N-dealkylation sites (N-methyl/N-ethyl adjacent to an activating group) is 1. The summed E-state index contributed by atoms with van der Waals surface area (Å²) in [6.07, 6.45) is 3.26. The zero-order valence-corrected chi connectivity index (χ0v) is 19.0. The lowest BCUT2D eigenvalue weighted by Crippen LogP contribution is -2.43. The summed E-state index contributed by atoms with van der Waals surface area (Å²) < 4.78 is 7.48. The first-order valence-corrected chi connectivity index (χ1v) is 11.2. The molecule has 3 aromatic rings. The molecule has 0 saturated carbocycles. The molecule has 8 heteroatoms. The number of allylic oxidation sites excluding steroid dienone is 1. The summed E-state index contributed by atoms with van der Waals surface area (Å²) in [5.74, 6) is 0.468. The Labute approximate surface area is 188 Å². The Morgan fingerprint density at radius 1 is 1.26 bits per heavy atom. The average molecular weight is 456 g/mol. The molecule has 0 saturated heterocycles. The topological polar surface area (TPSA) is 67.8 Å². The zero-order valence-electron chi connectivity index (χ0n) is 17.5. The van der Waals surface area contributed by atoms with E-state index in [9.17, 15) is 9.59 Å². The summed E-state index contributed by atoms with van der Waals surface area (Å²) in [4.78, 5) is 33.8. The third kappa shape index (κ3) is 3.91. The minimum absolute atomic E-state index is 0.119. The molecule has 1 aliphatic heterocycles. The minimum Gasteiger partial charge on any atom is -0.465 e. The molecule has 4 rings (SSSR count). The van der Waals surface area contributed by atoms with Gasteiger partial charge in [0.25, 0.3) is 11.5 Å². The molecule has 0 radical (unpaired) electrons. The van der Waals surface area contributed by atoms with E-state index in [0.29, 0.717) is 44.5 Å². The summed E-state index contributed by atoms with van der Waals surface area (Å²) in [6, 6.07) is 10.2. The van der Waals surface area contributed by atoms with Gasteiger partial charge in [0.05, 0.1) is 28.1 Å². The Balaban J connectivity index is 1.97. The van der Waals surface area contributed by atoms with Crippen LogP contribution in [0.15, 0.2) is 68.1 Å². The highest BCUT2D eigenvalue weighted by Crippen LogP contribution is 2.31. The molecule has 0 bridgehead atoms. The van der Waals surface area contributed by atoms with Crippen molar-refractivity contribution in [2.75, 3.05) is 13.1 Å². The van der Waals surface area contributed by atoms with Gasteiger partial charge in [-0.1, -0.05) is 35.1 Å². The van der Waals surface area contributed by atoms with Gasteiger partial charge in [0.2, 0.25) is 0 Å². The highest BCUT2D eigenvalue weighted by Gasteiger charge is 2.34. The largest absolute Gasteiger partial charge is 0.465 e. The Kier molecular flexibility index (Phi) is 5.98. The van der Waals surface area contributed by atoms with Crippen molar-refractivity contribution in [2.24, 2.45) is 4.99 Å². The van der Waals surface area contributed by atoms with Crippen molar-refractivity contribution in [3.8, 4) is 0 Å². The fourth-order valence-electron chi connectivity index (χ4n) is 3.74. The number of fused-ring (bicyclic) bond motifs is 1. The second-order valence-electron chi connectivity index (χ2n) is 7.13. The van der Waals surface area contributed by atoms with E-state index in [2.05, 4.69) is 4.99 Å². The highest BCUT2D eigenvalue weighted by atomic mass is 35.5. The van der Waals surface area contributed by atoms with Gasteiger partial charge in [-0.15, -0.1) is 0 Å². The van der Waals surface area contributed by atoms with Crippen LogP contribution in [0.3, 0.4) is 0 Å².